The Morgan fingerprint density at radius 2 is 0.725 bits per heavy atom. The van der Waals surface area contributed by atoms with Crippen molar-refractivity contribution in [2.45, 2.75) is 90.9 Å². The third-order valence-electron chi connectivity index (χ3n) is 5.92. The monoisotopic (exact) mass is 574 g/mol. The second kappa shape index (κ2) is 12.7. The third kappa shape index (κ3) is 11.3. The summed E-state index contributed by atoms with van der Waals surface area (Å²) in [5.74, 6) is -1.56. The standard InChI is InChI=1S/2C11H13F3.C10H12F2/c1-10(2,3)8-4-6-9(7-5-8)11(12,13)14;1-10(2,3)8-5-4-6-9(7-8)11(12,13)14;1-10(2,3)7-4-5-8(11)9(12)6-7/h2*4-7H,1-3H3;4-6H,1-3H3. The molecule has 40 heavy (non-hydrogen) atoms. The first-order chi connectivity index (χ1) is 17.8. The Bertz CT molecular complexity index is 1150. The molecule has 0 aromatic heterocycles. The van der Waals surface area contributed by atoms with Crippen molar-refractivity contribution in [3.05, 3.63) is 106 Å². The molecular formula is C32H38F8. The highest BCUT2D eigenvalue weighted by Crippen LogP contribution is 2.33. The summed E-state index contributed by atoms with van der Waals surface area (Å²) in [5.41, 5.74) is 0.759. The normalized spacial score (nSPS) is 12.6. The lowest BCUT2D eigenvalue weighted by Crippen LogP contribution is -2.13. The Balaban J connectivity index is 0.000000301. The quantitative estimate of drug-likeness (QED) is 0.234. The van der Waals surface area contributed by atoms with E-state index in [0.29, 0.717) is 5.56 Å². The van der Waals surface area contributed by atoms with Gasteiger partial charge in [-0.1, -0.05) is 98.7 Å². The lowest BCUT2D eigenvalue weighted by Gasteiger charge is -2.20. The molecule has 0 aliphatic heterocycles. The summed E-state index contributed by atoms with van der Waals surface area (Å²) in [5, 5.41) is 0. The average Bonchev–Trinajstić information content (AvgIpc) is 2.79. The first-order valence-corrected chi connectivity index (χ1v) is 12.6. The molecule has 0 saturated carbocycles. The van der Waals surface area contributed by atoms with Crippen molar-refractivity contribution in [2.75, 3.05) is 0 Å². The SMILES string of the molecule is CC(C)(C)c1ccc(C(F)(F)F)cc1.CC(C)(C)c1ccc(F)c(F)c1.CC(C)(C)c1cccc(C(F)(F)F)c1. The topological polar surface area (TPSA) is 0 Å². The summed E-state index contributed by atoms with van der Waals surface area (Å²) in [4.78, 5) is 0. The van der Waals surface area contributed by atoms with Gasteiger partial charge in [0.15, 0.2) is 11.6 Å². The van der Waals surface area contributed by atoms with Crippen molar-refractivity contribution >= 4 is 0 Å². The van der Waals surface area contributed by atoms with Gasteiger partial charge in [0.05, 0.1) is 11.1 Å². The molecular weight excluding hydrogens is 536 g/mol. The molecule has 3 aromatic carbocycles. The van der Waals surface area contributed by atoms with E-state index in [4.69, 9.17) is 0 Å². The Labute approximate surface area is 232 Å². The summed E-state index contributed by atoms with van der Waals surface area (Å²) >= 11 is 0. The molecule has 3 aromatic rings. The smallest absolute Gasteiger partial charge is 0.204 e. The lowest BCUT2D eigenvalue weighted by atomic mass is 9.86. The molecule has 0 atom stereocenters. The van der Waals surface area contributed by atoms with Crippen LogP contribution in [0.25, 0.3) is 0 Å². The Morgan fingerprint density at radius 1 is 0.375 bits per heavy atom. The number of alkyl halides is 6. The van der Waals surface area contributed by atoms with E-state index in [0.717, 1.165) is 35.4 Å². The Morgan fingerprint density at radius 3 is 1.10 bits per heavy atom. The molecule has 0 fully saturated rings. The van der Waals surface area contributed by atoms with Crippen molar-refractivity contribution in [3.8, 4) is 0 Å². The average molecular weight is 575 g/mol. The molecule has 0 N–H and O–H groups in total. The van der Waals surface area contributed by atoms with Crippen LogP contribution < -0.4 is 0 Å². The number of benzene rings is 3. The highest BCUT2D eigenvalue weighted by molar-refractivity contribution is 5.30. The third-order valence-corrected chi connectivity index (χ3v) is 5.92. The molecule has 0 radical (unpaired) electrons. The van der Waals surface area contributed by atoms with Gasteiger partial charge in [0.2, 0.25) is 0 Å². The molecule has 0 saturated heterocycles. The van der Waals surface area contributed by atoms with Gasteiger partial charge in [-0.25, -0.2) is 8.78 Å². The van der Waals surface area contributed by atoms with Gasteiger partial charge < -0.3 is 0 Å². The molecule has 0 unspecified atom stereocenters. The van der Waals surface area contributed by atoms with E-state index in [-0.39, 0.29) is 16.2 Å². The fourth-order valence-electron chi connectivity index (χ4n) is 3.28. The minimum Gasteiger partial charge on any atom is -0.204 e. The molecule has 0 aliphatic carbocycles. The zero-order valence-corrected chi connectivity index (χ0v) is 24.4. The van der Waals surface area contributed by atoms with Crippen LogP contribution in [0.15, 0.2) is 66.7 Å². The highest BCUT2D eigenvalue weighted by Gasteiger charge is 2.31. The van der Waals surface area contributed by atoms with Crippen molar-refractivity contribution in [1.29, 1.82) is 0 Å². The summed E-state index contributed by atoms with van der Waals surface area (Å²) in [6, 6.07) is 14.8. The van der Waals surface area contributed by atoms with Crippen LogP contribution >= 0.6 is 0 Å². The van der Waals surface area contributed by atoms with Gasteiger partial charge in [-0.05, 0) is 63.3 Å². The molecule has 0 heterocycles. The van der Waals surface area contributed by atoms with Gasteiger partial charge in [-0.15, -0.1) is 0 Å². The molecule has 222 valence electrons. The van der Waals surface area contributed by atoms with Crippen LogP contribution in [0.4, 0.5) is 35.1 Å². The lowest BCUT2D eigenvalue weighted by molar-refractivity contribution is -0.138. The predicted octanol–water partition coefficient (Wildman–Crippen LogP) is 11.3. The van der Waals surface area contributed by atoms with E-state index in [1.807, 2.05) is 62.3 Å². The largest absolute Gasteiger partial charge is 0.416 e. The van der Waals surface area contributed by atoms with Crippen LogP contribution in [0.3, 0.4) is 0 Å². The van der Waals surface area contributed by atoms with Crippen LogP contribution in [-0.2, 0) is 28.6 Å². The maximum absolute atomic E-state index is 12.7. The van der Waals surface area contributed by atoms with Crippen LogP contribution in [0, 0.1) is 11.6 Å². The van der Waals surface area contributed by atoms with E-state index in [1.54, 1.807) is 12.1 Å². The number of hydrogen-bond donors (Lipinski definition) is 0. The van der Waals surface area contributed by atoms with E-state index in [2.05, 4.69) is 0 Å². The van der Waals surface area contributed by atoms with Gasteiger partial charge in [0, 0.05) is 0 Å². The van der Waals surface area contributed by atoms with Crippen molar-refractivity contribution in [1.82, 2.24) is 0 Å². The predicted molar refractivity (Wildman–Crippen MR) is 145 cm³/mol. The minimum absolute atomic E-state index is 0.107. The van der Waals surface area contributed by atoms with Gasteiger partial charge in [0.1, 0.15) is 0 Å². The molecule has 8 heteroatoms. The first-order valence-electron chi connectivity index (χ1n) is 12.6. The molecule has 0 amide bonds. The van der Waals surface area contributed by atoms with Gasteiger partial charge in [0.25, 0.3) is 0 Å². The Hall–Kier alpha value is -2.90. The Kier molecular flexibility index (Phi) is 11.2. The van der Waals surface area contributed by atoms with Crippen LogP contribution in [0.5, 0.6) is 0 Å². The maximum atomic E-state index is 12.7. The summed E-state index contributed by atoms with van der Waals surface area (Å²) in [7, 11) is 0. The summed E-state index contributed by atoms with van der Waals surface area (Å²) in [6.45, 7) is 17.5. The zero-order valence-electron chi connectivity index (χ0n) is 24.4. The fourth-order valence-corrected chi connectivity index (χ4v) is 3.28. The molecule has 0 nitrogen and oxygen atoms in total. The van der Waals surface area contributed by atoms with Crippen molar-refractivity contribution < 1.29 is 35.1 Å². The first kappa shape index (κ1) is 35.1. The van der Waals surface area contributed by atoms with Crippen LogP contribution in [0.2, 0.25) is 0 Å². The molecule has 0 spiro atoms. The second-order valence-electron chi connectivity index (χ2n) is 12.5. The van der Waals surface area contributed by atoms with Gasteiger partial charge in [-0.3, -0.25) is 0 Å². The number of hydrogen-bond acceptors (Lipinski definition) is 0. The maximum Gasteiger partial charge on any atom is 0.416 e. The van der Waals surface area contributed by atoms with E-state index in [9.17, 15) is 35.1 Å². The highest BCUT2D eigenvalue weighted by atomic mass is 19.4. The minimum atomic E-state index is -4.25. The van der Waals surface area contributed by atoms with Gasteiger partial charge >= 0.3 is 12.4 Å². The van der Waals surface area contributed by atoms with E-state index in [1.165, 1.54) is 30.3 Å². The van der Waals surface area contributed by atoms with Crippen molar-refractivity contribution in [3.63, 3.8) is 0 Å². The number of rotatable bonds is 0. The zero-order chi connectivity index (χ0) is 31.3. The summed E-state index contributed by atoms with van der Waals surface area (Å²) < 4.78 is 99.0. The second-order valence-corrected chi connectivity index (χ2v) is 12.5. The van der Waals surface area contributed by atoms with E-state index < -0.39 is 35.1 Å². The van der Waals surface area contributed by atoms with Crippen molar-refractivity contribution in [2.24, 2.45) is 0 Å². The molecule has 0 bridgehead atoms. The van der Waals surface area contributed by atoms with Gasteiger partial charge in [-0.2, -0.15) is 26.3 Å². The molecule has 3 rings (SSSR count). The van der Waals surface area contributed by atoms with Crippen LogP contribution in [0.1, 0.15) is 90.1 Å². The van der Waals surface area contributed by atoms with E-state index >= 15 is 0 Å². The summed E-state index contributed by atoms with van der Waals surface area (Å²) in [6.07, 6.45) is -8.49. The van der Waals surface area contributed by atoms with Crippen LogP contribution in [-0.4, -0.2) is 0 Å². The molecule has 0 aliphatic rings. The number of halogens is 8. The fraction of sp³-hybridized carbons (Fsp3) is 0.438.